The number of hydrogen-bond acceptors (Lipinski definition) is 3. The molecule has 0 aromatic heterocycles. The van der Waals surface area contributed by atoms with E-state index in [1.54, 1.807) is 0 Å². The molecule has 0 saturated carbocycles. The summed E-state index contributed by atoms with van der Waals surface area (Å²) in [5, 5.41) is 0. The number of amides is 1. The Bertz CT molecular complexity index is 491. The third-order valence-corrected chi connectivity index (χ3v) is 5.05. The molecular formula is C19H28N2O2. The average molecular weight is 316 g/mol. The van der Waals surface area contributed by atoms with Crippen LogP contribution in [0.2, 0.25) is 0 Å². The van der Waals surface area contributed by atoms with Crippen molar-refractivity contribution >= 4 is 5.91 Å². The van der Waals surface area contributed by atoms with Crippen LogP contribution in [-0.4, -0.2) is 54.5 Å². The summed E-state index contributed by atoms with van der Waals surface area (Å²) in [7, 11) is 0. The Morgan fingerprint density at radius 1 is 1.13 bits per heavy atom. The molecule has 1 aromatic carbocycles. The zero-order valence-electron chi connectivity index (χ0n) is 14.1. The van der Waals surface area contributed by atoms with E-state index in [9.17, 15) is 4.79 Å². The molecule has 1 amide bonds. The largest absolute Gasteiger partial charge is 0.481 e. The Kier molecular flexibility index (Phi) is 5.55. The van der Waals surface area contributed by atoms with Crippen LogP contribution in [-0.2, 0) is 4.79 Å². The lowest BCUT2D eigenvalue weighted by atomic mass is 9.96. The van der Waals surface area contributed by atoms with Gasteiger partial charge in [0, 0.05) is 19.6 Å². The van der Waals surface area contributed by atoms with Crippen LogP contribution >= 0.6 is 0 Å². The van der Waals surface area contributed by atoms with Crippen LogP contribution in [0.25, 0.3) is 0 Å². The van der Waals surface area contributed by atoms with Crippen molar-refractivity contribution in [1.29, 1.82) is 0 Å². The number of carbonyl (C=O) groups is 1. The number of nitrogens with zero attached hydrogens (tertiary/aromatic N) is 2. The van der Waals surface area contributed by atoms with Crippen LogP contribution in [0.5, 0.6) is 5.75 Å². The van der Waals surface area contributed by atoms with Gasteiger partial charge in [-0.15, -0.1) is 0 Å². The molecule has 2 aliphatic rings. The quantitative estimate of drug-likeness (QED) is 0.837. The van der Waals surface area contributed by atoms with Crippen molar-refractivity contribution in [2.45, 2.75) is 38.7 Å². The number of piperidine rings is 1. The molecule has 1 aromatic rings. The summed E-state index contributed by atoms with van der Waals surface area (Å²) < 4.78 is 5.76. The van der Waals surface area contributed by atoms with E-state index in [2.05, 4.69) is 4.90 Å². The van der Waals surface area contributed by atoms with Gasteiger partial charge >= 0.3 is 0 Å². The molecule has 0 spiro atoms. The monoisotopic (exact) mass is 316 g/mol. The number of likely N-dealkylation sites (tertiary alicyclic amines) is 2. The molecule has 3 rings (SSSR count). The topological polar surface area (TPSA) is 32.8 Å². The smallest absolute Gasteiger partial charge is 0.263 e. The van der Waals surface area contributed by atoms with Crippen LogP contribution in [0.1, 0.15) is 32.6 Å². The summed E-state index contributed by atoms with van der Waals surface area (Å²) in [5.41, 5.74) is 0. The van der Waals surface area contributed by atoms with E-state index in [-0.39, 0.29) is 5.91 Å². The van der Waals surface area contributed by atoms with Crippen molar-refractivity contribution < 1.29 is 9.53 Å². The van der Waals surface area contributed by atoms with Crippen LogP contribution in [0.3, 0.4) is 0 Å². The molecule has 4 nitrogen and oxygen atoms in total. The van der Waals surface area contributed by atoms with Gasteiger partial charge in [0.25, 0.3) is 5.91 Å². The molecule has 126 valence electrons. The standard InChI is InChI=1S/C19H28N2O2/c1-16(23-18-7-3-2-4-8-18)19(22)21-13-9-17(10-14-21)15-20-11-5-6-12-20/h2-4,7-8,16-17H,5-6,9-15H2,1H3. The van der Waals surface area contributed by atoms with Gasteiger partial charge in [-0.05, 0) is 63.7 Å². The molecule has 2 aliphatic heterocycles. The Morgan fingerprint density at radius 3 is 2.43 bits per heavy atom. The first kappa shape index (κ1) is 16.3. The van der Waals surface area contributed by atoms with Gasteiger partial charge in [-0.3, -0.25) is 4.79 Å². The second-order valence-corrected chi connectivity index (χ2v) is 6.85. The SMILES string of the molecule is CC(Oc1ccccc1)C(=O)N1CCC(CN2CCCC2)CC1. The van der Waals surface area contributed by atoms with Crippen LogP contribution in [0, 0.1) is 5.92 Å². The Labute approximate surface area is 139 Å². The lowest BCUT2D eigenvalue weighted by Gasteiger charge is -2.35. The minimum Gasteiger partial charge on any atom is -0.481 e. The number of ether oxygens (including phenoxy) is 1. The van der Waals surface area contributed by atoms with Gasteiger partial charge in [-0.1, -0.05) is 18.2 Å². The van der Waals surface area contributed by atoms with Crippen LogP contribution in [0.4, 0.5) is 0 Å². The molecular weight excluding hydrogens is 288 g/mol. The maximum absolute atomic E-state index is 12.5. The van der Waals surface area contributed by atoms with E-state index in [4.69, 9.17) is 4.74 Å². The van der Waals surface area contributed by atoms with Gasteiger partial charge in [-0.2, -0.15) is 0 Å². The van der Waals surface area contributed by atoms with E-state index in [0.717, 1.165) is 37.6 Å². The molecule has 2 fully saturated rings. The van der Waals surface area contributed by atoms with Crippen molar-refractivity contribution in [2.75, 3.05) is 32.7 Å². The molecule has 23 heavy (non-hydrogen) atoms. The molecule has 0 radical (unpaired) electrons. The molecule has 0 bridgehead atoms. The van der Waals surface area contributed by atoms with Crippen molar-refractivity contribution in [1.82, 2.24) is 9.80 Å². The highest BCUT2D eigenvalue weighted by molar-refractivity contribution is 5.81. The van der Waals surface area contributed by atoms with Crippen molar-refractivity contribution in [3.63, 3.8) is 0 Å². The zero-order chi connectivity index (χ0) is 16.1. The van der Waals surface area contributed by atoms with E-state index in [0.29, 0.717) is 0 Å². The summed E-state index contributed by atoms with van der Waals surface area (Å²) in [6.07, 6.45) is 4.55. The van der Waals surface area contributed by atoms with Gasteiger partial charge < -0.3 is 14.5 Å². The van der Waals surface area contributed by atoms with E-state index >= 15 is 0 Å². The van der Waals surface area contributed by atoms with Crippen molar-refractivity contribution in [3.05, 3.63) is 30.3 Å². The normalized spacial score (nSPS) is 21.3. The molecule has 4 heteroatoms. The van der Waals surface area contributed by atoms with Gasteiger partial charge in [-0.25, -0.2) is 0 Å². The van der Waals surface area contributed by atoms with Gasteiger partial charge in [0.05, 0.1) is 0 Å². The predicted octanol–water partition coefficient (Wildman–Crippen LogP) is 2.79. The molecule has 2 saturated heterocycles. The van der Waals surface area contributed by atoms with E-state index < -0.39 is 6.10 Å². The Hall–Kier alpha value is -1.55. The minimum absolute atomic E-state index is 0.119. The fourth-order valence-corrected chi connectivity index (χ4v) is 3.68. The van der Waals surface area contributed by atoms with Gasteiger partial charge in [0.15, 0.2) is 6.10 Å². The molecule has 1 atom stereocenters. The number of hydrogen-bond donors (Lipinski definition) is 0. The lowest BCUT2D eigenvalue weighted by molar-refractivity contribution is -0.139. The van der Waals surface area contributed by atoms with Gasteiger partial charge in [0.2, 0.25) is 0 Å². The molecule has 0 N–H and O–H groups in total. The second kappa shape index (κ2) is 7.82. The third-order valence-electron chi connectivity index (χ3n) is 5.05. The highest BCUT2D eigenvalue weighted by Crippen LogP contribution is 2.22. The van der Waals surface area contributed by atoms with E-state index in [1.165, 1.54) is 32.5 Å². The van der Waals surface area contributed by atoms with Gasteiger partial charge in [0.1, 0.15) is 5.75 Å². The first-order valence-electron chi connectivity index (χ1n) is 8.95. The predicted molar refractivity (Wildman–Crippen MR) is 91.5 cm³/mol. The summed E-state index contributed by atoms with van der Waals surface area (Å²) in [5.74, 6) is 1.63. The highest BCUT2D eigenvalue weighted by atomic mass is 16.5. The van der Waals surface area contributed by atoms with Crippen molar-refractivity contribution in [2.24, 2.45) is 5.92 Å². The summed E-state index contributed by atoms with van der Waals surface area (Å²) >= 11 is 0. The first-order valence-corrected chi connectivity index (χ1v) is 8.95. The van der Waals surface area contributed by atoms with Crippen LogP contribution < -0.4 is 4.74 Å². The first-order chi connectivity index (χ1) is 11.2. The lowest BCUT2D eigenvalue weighted by Crippen LogP contribution is -2.46. The number of carbonyl (C=O) groups excluding carboxylic acids is 1. The minimum atomic E-state index is -0.410. The molecule has 2 heterocycles. The van der Waals surface area contributed by atoms with Crippen LogP contribution in [0.15, 0.2) is 30.3 Å². The summed E-state index contributed by atoms with van der Waals surface area (Å²) in [4.78, 5) is 17.1. The maximum atomic E-state index is 12.5. The Balaban J connectivity index is 1.44. The highest BCUT2D eigenvalue weighted by Gasteiger charge is 2.28. The fraction of sp³-hybridized carbons (Fsp3) is 0.632. The maximum Gasteiger partial charge on any atom is 0.263 e. The average Bonchev–Trinajstić information content (AvgIpc) is 3.09. The number of benzene rings is 1. The molecule has 1 unspecified atom stereocenters. The van der Waals surface area contributed by atoms with E-state index in [1.807, 2.05) is 42.2 Å². The summed E-state index contributed by atoms with van der Waals surface area (Å²) in [6.45, 7) is 7.35. The molecule has 0 aliphatic carbocycles. The number of para-hydroxylation sites is 1. The number of rotatable bonds is 5. The third kappa shape index (κ3) is 4.47. The van der Waals surface area contributed by atoms with Crippen molar-refractivity contribution in [3.8, 4) is 5.75 Å². The zero-order valence-corrected chi connectivity index (χ0v) is 14.1. The Morgan fingerprint density at radius 2 is 1.78 bits per heavy atom. The summed E-state index contributed by atoms with van der Waals surface area (Å²) in [6, 6.07) is 9.59. The fourth-order valence-electron chi connectivity index (χ4n) is 3.68. The second-order valence-electron chi connectivity index (χ2n) is 6.85.